The Kier molecular flexibility index (Phi) is 4.13. The molecule has 0 heterocycles. The summed E-state index contributed by atoms with van der Waals surface area (Å²) in [5.41, 5.74) is 1.55. The van der Waals surface area contributed by atoms with E-state index < -0.39 is 11.7 Å². The first-order chi connectivity index (χ1) is 8.66. The van der Waals surface area contributed by atoms with E-state index in [9.17, 15) is 9.59 Å². The molecule has 0 saturated heterocycles. The highest BCUT2D eigenvalue weighted by molar-refractivity contribution is 6.42. The van der Waals surface area contributed by atoms with Gasteiger partial charge in [-0.1, -0.05) is 49.1 Å². The third-order valence-electron chi connectivity index (χ3n) is 3.46. The van der Waals surface area contributed by atoms with E-state index >= 15 is 0 Å². The fraction of sp³-hybridized carbons (Fsp3) is 0.467. The zero-order chi connectivity index (χ0) is 13.0. The number of benzene rings is 1. The summed E-state index contributed by atoms with van der Waals surface area (Å²) in [7, 11) is 0. The molecule has 0 atom stereocenters. The molecule has 0 radical (unpaired) electrons. The molecule has 2 rings (SSSR count). The number of amides is 1. The average molecular weight is 245 g/mol. The lowest BCUT2D eigenvalue weighted by molar-refractivity contribution is -0.117. The monoisotopic (exact) mass is 245 g/mol. The van der Waals surface area contributed by atoms with Crippen LogP contribution in [0.2, 0.25) is 0 Å². The summed E-state index contributed by atoms with van der Waals surface area (Å²) in [5, 5.41) is 2.84. The first-order valence-electron chi connectivity index (χ1n) is 6.58. The number of hydrogen-bond donors (Lipinski definition) is 1. The SMILES string of the molecule is Cc1ccc(C(=O)C(=O)NC2CCCCC2)cc1. The summed E-state index contributed by atoms with van der Waals surface area (Å²) in [5.74, 6) is -0.897. The molecular formula is C15H19NO2. The fourth-order valence-corrected chi connectivity index (χ4v) is 2.33. The van der Waals surface area contributed by atoms with Crippen molar-refractivity contribution in [2.45, 2.75) is 45.1 Å². The van der Waals surface area contributed by atoms with Crippen LogP contribution in [-0.2, 0) is 4.79 Å². The van der Waals surface area contributed by atoms with Gasteiger partial charge in [0.05, 0.1) is 0 Å². The van der Waals surface area contributed by atoms with Gasteiger partial charge < -0.3 is 5.32 Å². The fourth-order valence-electron chi connectivity index (χ4n) is 2.33. The average Bonchev–Trinajstić information content (AvgIpc) is 2.40. The van der Waals surface area contributed by atoms with Crippen LogP contribution in [0.1, 0.15) is 48.0 Å². The number of carbonyl (C=O) groups excluding carboxylic acids is 2. The molecule has 1 saturated carbocycles. The summed E-state index contributed by atoms with van der Waals surface area (Å²) < 4.78 is 0. The maximum Gasteiger partial charge on any atom is 0.292 e. The minimum atomic E-state index is -0.467. The zero-order valence-electron chi connectivity index (χ0n) is 10.7. The highest BCUT2D eigenvalue weighted by Crippen LogP contribution is 2.17. The number of hydrogen-bond acceptors (Lipinski definition) is 2. The molecular weight excluding hydrogens is 226 g/mol. The lowest BCUT2D eigenvalue weighted by atomic mass is 9.95. The van der Waals surface area contributed by atoms with E-state index in [-0.39, 0.29) is 6.04 Å². The van der Waals surface area contributed by atoms with Crippen molar-refractivity contribution in [3.8, 4) is 0 Å². The van der Waals surface area contributed by atoms with Crippen LogP contribution in [0, 0.1) is 6.92 Å². The first kappa shape index (κ1) is 12.8. The standard InChI is InChI=1S/C15H19NO2/c1-11-7-9-12(10-8-11)14(17)15(18)16-13-5-3-2-4-6-13/h7-10,13H,2-6H2,1H3,(H,16,18). The van der Waals surface area contributed by atoms with Crippen LogP contribution in [0.5, 0.6) is 0 Å². The highest BCUT2D eigenvalue weighted by atomic mass is 16.2. The van der Waals surface area contributed by atoms with Crippen LogP contribution in [-0.4, -0.2) is 17.7 Å². The molecule has 0 aromatic heterocycles. The van der Waals surface area contributed by atoms with E-state index in [1.165, 1.54) is 6.42 Å². The van der Waals surface area contributed by atoms with Gasteiger partial charge >= 0.3 is 0 Å². The topological polar surface area (TPSA) is 46.2 Å². The number of aryl methyl sites for hydroxylation is 1. The van der Waals surface area contributed by atoms with Crippen LogP contribution >= 0.6 is 0 Å². The smallest absolute Gasteiger partial charge is 0.292 e. The predicted molar refractivity (Wildman–Crippen MR) is 70.5 cm³/mol. The molecule has 0 spiro atoms. The molecule has 1 aromatic carbocycles. The van der Waals surface area contributed by atoms with Gasteiger partial charge in [-0.15, -0.1) is 0 Å². The van der Waals surface area contributed by atoms with Gasteiger partial charge in [0.1, 0.15) is 0 Å². The van der Waals surface area contributed by atoms with Crippen molar-refractivity contribution in [2.24, 2.45) is 0 Å². The Morgan fingerprint density at radius 3 is 2.28 bits per heavy atom. The number of rotatable bonds is 3. The lowest BCUT2D eigenvalue weighted by Crippen LogP contribution is -2.40. The van der Waals surface area contributed by atoms with Crippen molar-refractivity contribution in [2.75, 3.05) is 0 Å². The highest BCUT2D eigenvalue weighted by Gasteiger charge is 2.21. The van der Waals surface area contributed by atoms with Crippen LogP contribution in [0.3, 0.4) is 0 Å². The molecule has 18 heavy (non-hydrogen) atoms. The first-order valence-corrected chi connectivity index (χ1v) is 6.58. The number of Topliss-reactive ketones (excluding diaryl/α,β-unsaturated/α-hetero) is 1. The van der Waals surface area contributed by atoms with Gasteiger partial charge in [-0.3, -0.25) is 9.59 Å². The van der Waals surface area contributed by atoms with Gasteiger partial charge in [0, 0.05) is 11.6 Å². The van der Waals surface area contributed by atoms with E-state index in [0.29, 0.717) is 5.56 Å². The molecule has 0 unspecified atom stereocenters. The normalized spacial score (nSPS) is 16.3. The summed E-state index contributed by atoms with van der Waals surface area (Å²) in [4.78, 5) is 23.8. The van der Waals surface area contributed by atoms with E-state index in [2.05, 4.69) is 5.32 Å². The van der Waals surface area contributed by atoms with E-state index in [0.717, 1.165) is 31.2 Å². The summed E-state index contributed by atoms with van der Waals surface area (Å²) in [6, 6.07) is 7.29. The van der Waals surface area contributed by atoms with E-state index in [1.54, 1.807) is 12.1 Å². The second-order valence-electron chi connectivity index (χ2n) is 5.00. The van der Waals surface area contributed by atoms with Crippen molar-refractivity contribution in [3.63, 3.8) is 0 Å². The van der Waals surface area contributed by atoms with Gasteiger partial charge in [-0.25, -0.2) is 0 Å². The Hall–Kier alpha value is -1.64. The van der Waals surface area contributed by atoms with Gasteiger partial charge in [-0.05, 0) is 19.8 Å². The Bertz CT molecular complexity index is 430. The summed E-state index contributed by atoms with van der Waals surface area (Å²) in [6.07, 6.45) is 5.51. The van der Waals surface area contributed by atoms with Gasteiger partial charge in [-0.2, -0.15) is 0 Å². The van der Waals surface area contributed by atoms with Crippen molar-refractivity contribution in [1.29, 1.82) is 0 Å². The number of ketones is 1. The van der Waals surface area contributed by atoms with Gasteiger partial charge in [0.25, 0.3) is 5.91 Å². The minimum absolute atomic E-state index is 0.181. The molecule has 1 aliphatic carbocycles. The van der Waals surface area contributed by atoms with Gasteiger partial charge in [0.15, 0.2) is 0 Å². The quantitative estimate of drug-likeness (QED) is 0.657. The third-order valence-corrected chi connectivity index (χ3v) is 3.46. The predicted octanol–water partition coefficient (Wildman–Crippen LogP) is 2.63. The molecule has 1 aliphatic rings. The minimum Gasteiger partial charge on any atom is -0.346 e. The molecule has 1 fully saturated rings. The molecule has 1 amide bonds. The molecule has 3 nitrogen and oxygen atoms in total. The number of nitrogens with one attached hydrogen (secondary N) is 1. The maximum atomic E-state index is 11.9. The Labute approximate surface area is 108 Å². The molecule has 1 aromatic rings. The van der Waals surface area contributed by atoms with Crippen LogP contribution in [0.15, 0.2) is 24.3 Å². The van der Waals surface area contributed by atoms with Crippen LogP contribution in [0.4, 0.5) is 0 Å². The van der Waals surface area contributed by atoms with Crippen molar-refractivity contribution in [3.05, 3.63) is 35.4 Å². The molecule has 96 valence electrons. The van der Waals surface area contributed by atoms with E-state index in [4.69, 9.17) is 0 Å². The van der Waals surface area contributed by atoms with Gasteiger partial charge in [0.2, 0.25) is 5.78 Å². The second kappa shape index (κ2) is 5.80. The second-order valence-corrected chi connectivity index (χ2v) is 5.00. The van der Waals surface area contributed by atoms with E-state index in [1.807, 2.05) is 19.1 Å². The van der Waals surface area contributed by atoms with Crippen LogP contribution in [0.25, 0.3) is 0 Å². The lowest BCUT2D eigenvalue weighted by Gasteiger charge is -2.22. The van der Waals surface area contributed by atoms with Crippen molar-refractivity contribution >= 4 is 11.7 Å². The number of carbonyl (C=O) groups is 2. The molecule has 0 aliphatic heterocycles. The molecule has 0 bridgehead atoms. The van der Waals surface area contributed by atoms with Crippen molar-refractivity contribution < 1.29 is 9.59 Å². The molecule has 3 heteroatoms. The largest absolute Gasteiger partial charge is 0.346 e. The van der Waals surface area contributed by atoms with Crippen molar-refractivity contribution in [1.82, 2.24) is 5.32 Å². The summed E-state index contributed by atoms with van der Waals surface area (Å²) in [6.45, 7) is 1.95. The molecule has 1 N–H and O–H groups in total. The zero-order valence-corrected chi connectivity index (χ0v) is 10.7. The Balaban J connectivity index is 1.95. The van der Waals surface area contributed by atoms with Crippen LogP contribution < -0.4 is 5.32 Å². The maximum absolute atomic E-state index is 11.9. The Morgan fingerprint density at radius 1 is 1.06 bits per heavy atom. The summed E-state index contributed by atoms with van der Waals surface area (Å²) >= 11 is 0. The third kappa shape index (κ3) is 3.19. The Morgan fingerprint density at radius 2 is 1.67 bits per heavy atom.